The average molecular weight is 362 g/mol. The van der Waals surface area contributed by atoms with Crippen LogP contribution in [-0.4, -0.2) is 11.4 Å². The van der Waals surface area contributed by atoms with Crippen molar-refractivity contribution >= 4 is 31.9 Å². The molecule has 0 radical (unpaired) electrons. The van der Waals surface area contributed by atoms with Gasteiger partial charge in [0.2, 0.25) is 0 Å². The second kappa shape index (κ2) is 6.79. The lowest BCUT2D eigenvalue weighted by Gasteiger charge is -2.27. The fourth-order valence-electron chi connectivity index (χ4n) is 2.37. The third-order valence-corrected chi connectivity index (χ3v) is 5.07. The molecule has 1 aliphatic rings. The summed E-state index contributed by atoms with van der Waals surface area (Å²) in [6, 6.07) is 8.06. The summed E-state index contributed by atoms with van der Waals surface area (Å²) in [4.78, 5) is 0.697. The van der Waals surface area contributed by atoms with Gasteiger partial charge in [-0.1, -0.05) is 50.8 Å². The van der Waals surface area contributed by atoms with E-state index >= 15 is 0 Å². The maximum atomic E-state index is 5.79. The first-order chi connectivity index (χ1) is 8.25. The van der Waals surface area contributed by atoms with E-state index in [4.69, 9.17) is 4.74 Å². The highest BCUT2D eigenvalue weighted by molar-refractivity contribution is 9.10. The Morgan fingerprint density at radius 1 is 1.24 bits per heavy atom. The smallest absolute Gasteiger partial charge is 0.120 e. The lowest BCUT2D eigenvalue weighted by molar-refractivity contribution is 0.252. The fraction of sp³-hybridized carbons (Fsp3) is 0.571. The predicted octanol–water partition coefficient (Wildman–Crippen LogP) is 5.17. The minimum atomic E-state index is 0.697. The van der Waals surface area contributed by atoms with Gasteiger partial charge in [-0.15, -0.1) is 0 Å². The standard InChI is InChI=1S/C14H18Br2O/c15-12-5-3-6-13(10-12)17-9-8-11-4-1-2-7-14(11)16/h3,5-6,10-11,14H,1-2,4,7-9H2. The Kier molecular flexibility index (Phi) is 5.36. The van der Waals surface area contributed by atoms with Gasteiger partial charge in [-0.25, -0.2) is 0 Å². The monoisotopic (exact) mass is 360 g/mol. The summed E-state index contributed by atoms with van der Waals surface area (Å²) in [7, 11) is 0. The summed E-state index contributed by atoms with van der Waals surface area (Å²) >= 11 is 7.24. The van der Waals surface area contributed by atoms with Gasteiger partial charge in [0.1, 0.15) is 5.75 Å². The Morgan fingerprint density at radius 3 is 2.82 bits per heavy atom. The van der Waals surface area contributed by atoms with Crippen LogP contribution in [0.1, 0.15) is 32.1 Å². The Bertz CT molecular complexity index is 354. The molecule has 0 heterocycles. The second-order valence-corrected chi connectivity index (χ2v) is 6.75. The van der Waals surface area contributed by atoms with Crippen molar-refractivity contribution in [2.45, 2.75) is 36.9 Å². The van der Waals surface area contributed by atoms with Gasteiger partial charge in [0.25, 0.3) is 0 Å². The van der Waals surface area contributed by atoms with E-state index in [1.165, 1.54) is 25.7 Å². The molecule has 17 heavy (non-hydrogen) atoms. The van der Waals surface area contributed by atoms with E-state index in [2.05, 4.69) is 31.9 Å². The van der Waals surface area contributed by atoms with Crippen LogP contribution in [0.4, 0.5) is 0 Å². The topological polar surface area (TPSA) is 9.23 Å². The van der Waals surface area contributed by atoms with Crippen molar-refractivity contribution in [3.63, 3.8) is 0 Å². The summed E-state index contributed by atoms with van der Waals surface area (Å²) in [6.07, 6.45) is 6.57. The summed E-state index contributed by atoms with van der Waals surface area (Å²) in [5, 5.41) is 0. The molecule has 2 rings (SSSR count). The summed E-state index contributed by atoms with van der Waals surface area (Å²) in [6.45, 7) is 0.823. The van der Waals surface area contributed by atoms with E-state index in [-0.39, 0.29) is 0 Å². The number of alkyl halides is 1. The molecule has 1 aliphatic carbocycles. The number of hydrogen-bond donors (Lipinski definition) is 0. The highest BCUT2D eigenvalue weighted by atomic mass is 79.9. The van der Waals surface area contributed by atoms with Gasteiger partial charge in [-0.2, -0.15) is 0 Å². The zero-order chi connectivity index (χ0) is 12.1. The molecule has 94 valence electrons. The molecule has 0 bridgehead atoms. The van der Waals surface area contributed by atoms with Gasteiger partial charge < -0.3 is 4.74 Å². The third-order valence-electron chi connectivity index (χ3n) is 3.37. The van der Waals surface area contributed by atoms with Crippen molar-refractivity contribution in [1.82, 2.24) is 0 Å². The van der Waals surface area contributed by atoms with E-state index in [0.29, 0.717) is 4.83 Å². The normalized spacial score (nSPS) is 24.6. The largest absolute Gasteiger partial charge is 0.494 e. The van der Waals surface area contributed by atoms with Crippen molar-refractivity contribution in [1.29, 1.82) is 0 Å². The molecule has 2 unspecified atom stereocenters. The van der Waals surface area contributed by atoms with E-state index < -0.39 is 0 Å². The molecule has 0 saturated heterocycles. The molecule has 0 aromatic heterocycles. The van der Waals surface area contributed by atoms with Crippen LogP contribution in [-0.2, 0) is 0 Å². The third kappa shape index (κ3) is 4.29. The number of benzene rings is 1. The van der Waals surface area contributed by atoms with E-state index in [1.54, 1.807) is 0 Å². The van der Waals surface area contributed by atoms with Crippen LogP contribution in [0.15, 0.2) is 28.7 Å². The van der Waals surface area contributed by atoms with Gasteiger partial charge in [0.15, 0.2) is 0 Å². The minimum Gasteiger partial charge on any atom is -0.494 e. The molecule has 0 spiro atoms. The highest BCUT2D eigenvalue weighted by Crippen LogP contribution is 2.32. The molecule has 1 aromatic rings. The van der Waals surface area contributed by atoms with Gasteiger partial charge in [-0.3, -0.25) is 0 Å². The minimum absolute atomic E-state index is 0.697. The van der Waals surface area contributed by atoms with Crippen LogP contribution in [0.5, 0.6) is 5.75 Å². The van der Waals surface area contributed by atoms with Crippen molar-refractivity contribution in [2.24, 2.45) is 5.92 Å². The molecule has 1 fully saturated rings. The zero-order valence-electron chi connectivity index (χ0n) is 9.87. The van der Waals surface area contributed by atoms with Crippen molar-refractivity contribution < 1.29 is 4.74 Å². The quantitative estimate of drug-likeness (QED) is 0.672. The van der Waals surface area contributed by atoms with Crippen LogP contribution in [0.2, 0.25) is 0 Å². The number of halogens is 2. The lowest BCUT2D eigenvalue weighted by Crippen LogP contribution is -2.21. The highest BCUT2D eigenvalue weighted by Gasteiger charge is 2.22. The molecule has 1 aromatic carbocycles. The van der Waals surface area contributed by atoms with Crippen LogP contribution >= 0.6 is 31.9 Å². The first-order valence-electron chi connectivity index (χ1n) is 6.28. The lowest BCUT2D eigenvalue weighted by atomic mass is 9.87. The van der Waals surface area contributed by atoms with Gasteiger partial charge >= 0.3 is 0 Å². The maximum absolute atomic E-state index is 5.79. The number of hydrogen-bond acceptors (Lipinski definition) is 1. The Morgan fingerprint density at radius 2 is 2.06 bits per heavy atom. The van der Waals surface area contributed by atoms with E-state index in [0.717, 1.165) is 29.2 Å². The molecule has 0 amide bonds. The molecular weight excluding hydrogens is 344 g/mol. The Balaban J connectivity index is 1.75. The molecule has 0 N–H and O–H groups in total. The summed E-state index contributed by atoms with van der Waals surface area (Å²) < 4.78 is 6.86. The molecular formula is C14H18Br2O. The second-order valence-electron chi connectivity index (χ2n) is 4.66. The van der Waals surface area contributed by atoms with E-state index in [9.17, 15) is 0 Å². The Labute approximate surface area is 120 Å². The fourth-order valence-corrected chi connectivity index (χ4v) is 3.60. The maximum Gasteiger partial charge on any atom is 0.120 e. The zero-order valence-corrected chi connectivity index (χ0v) is 13.0. The number of rotatable bonds is 4. The van der Waals surface area contributed by atoms with Crippen molar-refractivity contribution in [2.75, 3.05) is 6.61 Å². The SMILES string of the molecule is Brc1cccc(OCCC2CCCCC2Br)c1. The summed E-state index contributed by atoms with van der Waals surface area (Å²) in [5.74, 6) is 1.75. The molecule has 3 heteroatoms. The van der Waals surface area contributed by atoms with Crippen LogP contribution in [0, 0.1) is 5.92 Å². The van der Waals surface area contributed by atoms with Crippen LogP contribution in [0.3, 0.4) is 0 Å². The number of ether oxygens (including phenoxy) is 1. The van der Waals surface area contributed by atoms with Crippen molar-refractivity contribution in [3.8, 4) is 5.75 Å². The molecule has 2 atom stereocenters. The Hall–Kier alpha value is -0.0200. The van der Waals surface area contributed by atoms with Crippen molar-refractivity contribution in [3.05, 3.63) is 28.7 Å². The van der Waals surface area contributed by atoms with Gasteiger partial charge in [-0.05, 0) is 43.4 Å². The molecule has 0 aliphatic heterocycles. The van der Waals surface area contributed by atoms with Gasteiger partial charge in [0, 0.05) is 9.30 Å². The van der Waals surface area contributed by atoms with Crippen LogP contribution in [0.25, 0.3) is 0 Å². The predicted molar refractivity (Wildman–Crippen MR) is 78.9 cm³/mol. The first-order valence-corrected chi connectivity index (χ1v) is 7.99. The first kappa shape index (κ1) is 13.4. The van der Waals surface area contributed by atoms with Crippen LogP contribution < -0.4 is 4.74 Å². The average Bonchev–Trinajstić information content (AvgIpc) is 2.32. The molecule has 1 saturated carbocycles. The molecule has 1 nitrogen and oxygen atoms in total. The van der Waals surface area contributed by atoms with Gasteiger partial charge in [0.05, 0.1) is 6.61 Å². The summed E-state index contributed by atoms with van der Waals surface area (Å²) in [5.41, 5.74) is 0. The van der Waals surface area contributed by atoms with E-state index in [1.807, 2.05) is 24.3 Å².